The highest BCUT2D eigenvalue weighted by molar-refractivity contribution is 6.58. The van der Waals surface area contributed by atoms with Crippen LogP contribution in [-0.4, -0.2) is 23.7 Å². The number of anilines is 1. The lowest BCUT2D eigenvalue weighted by Gasteiger charge is -2.49. The van der Waals surface area contributed by atoms with Crippen molar-refractivity contribution in [2.75, 3.05) is 4.90 Å². The van der Waals surface area contributed by atoms with Gasteiger partial charge in [-0.25, -0.2) is 0 Å². The third-order valence-electron chi connectivity index (χ3n) is 5.58. The molecule has 0 bridgehead atoms. The van der Waals surface area contributed by atoms with Crippen molar-refractivity contribution in [3.05, 3.63) is 46.0 Å². The number of hydrogen-bond donors (Lipinski definition) is 0. The lowest BCUT2D eigenvalue weighted by molar-refractivity contribution is -0.133. The van der Waals surface area contributed by atoms with Crippen LogP contribution >= 0.6 is 23.2 Å². The van der Waals surface area contributed by atoms with Gasteiger partial charge >= 0.3 is 0 Å². The van der Waals surface area contributed by atoms with Crippen molar-refractivity contribution in [2.24, 2.45) is 10.8 Å². The predicted molar refractivity (Wildman–Crippen MR) is 112 cm³/mol. The maximum absolute atomic E-state index is 12.9. The zero-order valence-electron chi connectivity index (χ0n) is 16.5. The second kappa shape index (κ2) is 7.02. The minimum atomic E-state index is -1.99. The number of benzene rings is 1. The lowest BCUT2D eigenvalue weighted by atomic mass is 9.46. The number of carbonyl (C=O) groups excluding carboxylic acids is 2. The molecule has 1 aromatic rings. The summed E-state index contributed by atoms with van der Waals surface area (Å²) in [5.74, 6) is -1.64. The Balaban J connectivity index is 2.13. The van der Waals surface area contributed by atoms with E-state index < -0.39 is 32.5 Å². The number of Topliss-reactive ketones (excluding diaryl/α,β-unsaturated/α-hetero) is 2. The number of rotatable bonds is 4. The van der Waals surface area contributed by atoms with Gasteiger partial charge in [-0.1, -0.05) is 35.3 Å². The minimum Gasteiger partial charge on any atom is -0.367 e. The standard InChI is InChI=1S/C22H19Cl2N3O2/c1-12(2)27(13(3)4)15-7-5-14(6-8-15)16-9-21(10-25)19(28)17(23)18(24)20(29)22(16,21)11-26/h5-9,12-13H,1-4H3. The number of halogens is 2. The molecule has 0 saturated carbocycles. The molecule has 2 aliphatic rings. The van der Waals surface area contributed by atoms with Crippen molar-refractivity contribution in [1.82, 2.24) is 0 Å². The van der Waals surface area contributed by atoms with Crippen LogP contribution in [0.1, 0.15) is 33.3 Å². The van der Waals surface area contributed by atoms with Gasteiger partial charge in [0.1, 0.15) is 10.1 Å². The first-order chi connectivity index (χ1) is 13.6. The Morgan fingerprint density at radius 2 is 1.41 bits per heavy atom. The van der Waals surface area contributed by atoms with Crippen molar-refractivity contribution in [1.29, 1.82) is 10.5 Å². The van der Waals surface area contributed by atoms with Gasteiger partial charge in [-0.05, 0) is 57.0 Å². The van der Waals surface area contributed by atoms with Gasteiger partial charge in [-0.15, -0.1) is 0 Å². The first kappa shape index (κ1) is 21.1. The van der Waals surface area contributed by atoms with Crippen LogP contribution in [0.15, 0.2) is 40.4 Å². The fourth-order valence-electron chi connectivity index (χ4n) is 4.31. The molecule has 1 aromatic carbocycles. The molecule has 0 amide bonds. The Bertz CT molecular complexity index is 1050. The number of allylic oxidation sites excluding steroid dienone is 4. The molecule has 29 heavy (non-hydrogen) atoms. The van der Waals surface area contributed by atoms with E-state index in [0.29, 0.717) is 11.1 Å². The number of nitriles is 2. The van der Waals surface area contributed by atoms with Crippen LogP contribution in [0.25, 0.3) is 5.57 Å². The van der Waals surface area contributed by atoms with E-state index in [1.165, 1.54) is 6.08 Å². The molecule has 0 N–H and O–H groups in total. The van der Waals surface area contributed by atoms with Crippen LogP contribution < -0.4 is 4.90 Å². The molecule has 5 nitrogen and oxygen atoms in total. The highest BCUT2D eigenvalue weighted by Gasteiger charge is 2.73. The van der Waals surface area contributed by atoms with Crippen molar-refractivity contribution >= 4 is 46.0 Å². The largest absolute Gasteiger partial charge is 0.367 e. The van der Waals surface area contributed by atoms with E-state index in [0.717, 1.165) is 5.69 Å². The summed E-state index contributed by atoms with van der Waals surface area (Å²) in [6, 6.07) is 11.7. The Hall–Kier alpha value is -2.60. The summed E-state index contributed by atoms with van der Waals surface area (Å²) in [5.41, 5.74) is -2.08. The first-order valence-electron chi connectivity index (χ1n) is 9.18. The Kier molecular flexibility index (Phi) is 5.11. The summed E-state index contributed by atoms with van der Waals surface area (Å²) >= 11 is 11.9. The quantitative estimate of drug-likeness (QED) is 0.702. The van der Waals surface area contributed by atoms with E-state index >= 15 is 0 Å². The fraction of sp³-hybridized carbons (Fsp3) is 0.364. The monoisotopic (exact) mass is 427 g/mol. The minimum absolute atomic E-state index is 0.282. The third-order valence-corrected chi connectivity index (χ3v) is 6.40. The average Bonchev–Trinajstić information content (AvgIpc) is 2.67. The Morgan fingerprint density at radius 1 is 0.897 bits per heavy atom. The maximum Gasteiger partial charge on any atom is 0.203 e. The number of hydrogen-bond acceptors (Lipinski definition) is 5. The van der Waals surface area contributed by atoms with Crippen molar-refractivity contribution in [3.63, 3.8) is 0 Å². The zero-order chi connectivity index (χ0) is 21.7. The summed E-state index contributed by atoms with van der Waals surface area (Å²) < 4.78 is 0. The molecule has 0 aromatic heterocycles. The second-order valence-electron chi connectivity index (χ2n) is 7.77. The van der Waals surface area contributed by atoms with Crippen LogP contribution in [0.3, 0.4) is 0 Å². The van der Waals surface area contributed by atoms with Gasteiger partial charge in [0.15, 0.2) is 10.8 Å². The van der Waals surface area contributed by atoms with Crippen LogP contribution in [0.5, 0.6) is 0 Å². The van der Waals surface area contributed by atoms with Crippen molar-refractivity contribution in [2.45, 2.75) is 39.8 Å². The summed E-state index contributed by atoms with van der Waals surface area (Å²) in [6.07, 6.45) is 1.36. The predicted octanol–water partition coefficient (Wildman–Crippen LogP) is 4.57. The van der Waals surface area contributed by atoms with Gasteiger partial charge in [0.25, 0.3) is 0 Å². The molecule has 7 heteroatoms. The van der Waals surface area contributed by atoms with Crippen LogP contribution in [0.4, 0.5) is 5.69 Å². The Labute approximate surface area is 179 Å². The smallest absolute Gasteiger partial charge is 0.203 e. The SMILES string of the molecule is CC(C)N(c1ccc(C2=CC3(C#N)C(=O)C(Cl)=C(Cl)C(=O)C23C#N)cc1)C(C)C. The van der Waals surface area contributed by atoms with E-state index in [9.17, 15) is 20.1 Å². The van der Waals surface area contributed by atoms with Crippen molar-refractivity contribution in [3.8, 4) is 12.1 Å². The molecular formula is C22H19Cl2N3O2. The molecule has 2 unspecified atom stereocenters. The molecule has 0 radical (unpaired) electrons. The lowest BCUT2D eigenvalue weighted by Crippen LogP contribution is -2.59. The Morgan fingerprint density at radius 3 is 1.86 bits per heavy atom. The van der Waals surface area contributed by atoms with Gasteiger partial charge in [0.2, 0.25) is 11.6 Å². The average molecular weight is 428 g/mol. The molecule has 0 aliphatic heterocycles. The number of nitrogens with zero attached hydrogens (tertiary/aromatic N) is 3. The van der Waals surface area contributed by atoms with E-state index in [1.54, 1.807) is 12.1 Å². The van der Waals surface area contributed by atoms with Gasteiger partial charge in [-0.2, -0.15) is 10.5 Å². The molecule has 0 saturated heterocycles. The second-order valence-corrected chi connectivity index (χ2v) is 8.52. The van der Waals surface area contributed by atoms with Crippen LogP contribution in [-0.2, 0) is 9.59 Å². The number of carbonyl (C=O) groups is 2. The zero-order valence-corrected chi connectivity index (χ0v) is 18.0. The molecule has 0 heterocycles. The molecule has 0 fully saturated rings. The van der Waals surface area contributed by atoms with E-state index in [2.05, 4.69) is 32.6 Å². The van der Waals surface area contributed by atoms with Gasteiger partial charge < -0.3 is 4.90 Å². The van der Waals surface area contributed by atoms with Gasteiger partial charge in [-0.3, -0.25) is 9.59 Å². The third kappa shape index (κ3) is 2.58. The molecule has 2 aliphatic carbocycles. The van der Waals surface area contributed by atoms with E-state index in [1.807, 2.05) is 24.3 Å². The molecule has 148 valence electrons. The molecular weight excluding hydrogens is 409 g/mol. The summed E-state index contributed by atoms with van der Waals surface area (Å²) in [5, 5.41) is 18.6. The van der Waals surface area contributed by atoms with Gasteiger partial charge in [0, 0.05) is 17.8 Å². The summed E-state index contributed by atoms with van der Waals surface area (Å²) in [7, 11) is 0. The first-order valence-corrected chi connectivity index (χ1v) is 9.94. The van der Waals surface area contributed by atoms with E-state index in [-0.39, 0.29) is 12.1 Å². The highest BCUT2D eigenvalue weighted by atomic mass is 35.5. The summed E-state index contributed by atoms with van der Waals surface area (Å²) in [6.45, 7) is 8.38. The summed E-state index contributed by atoms with van der Waals surface area (Å²) in [4.78, 5) is 27.9. The topological polar surface area (TPSA) is 85.0 Å². The normalized spacial score (nSPS) is 25.9. The molecule has 2 atom stereocenters. The number of ketones is 2. The van der Waals surface area contributed by atoms with Crippen LogP contribution in [0, 0.1) is 33.5 Å². The maximum atomic E-state index is 12.9. The van der Waals surface area contributed by atoms with Gasteiger partial charge in [0.05, 0.1) is 12.1 Å². The molecule has 0 spiro atoms. The number of fused-ring (bicyclic) bond motifs is 1. The van der Waals surface area contributed by atoms with Crippen LogP contribution in [0.2, 0.25) is 0 Å². The highest BCUT2D eigenvalue weighted by Crippen LogP contribution is 2.64. The fourth-order valence-corrected chi connectivity index (χ4v) is 4.78. The van der Waals surface area contributed by atoms with E-state index in [4.69, 9.17) is 23.2 Å². The molecule has 3 rings (SSSR count). The van der Waals surface area contributed by atoms with Crippen molar-refractivity contribution < 1.29 is 9.59 Å².